The Bertz CT molecular complexity index is 1340. The van der Waals surface area contributed by atoms with Crippen molar-refractivity contribution in [2.24, 2.45) is 0 Å². The minimum Gasteiger partial charge on any atom is -0.373 e. The first kappa shape index (κ1) is 27.0. The highest BCUT2D eigenvalue weighted by atomic mass is 19.4. The number of nitrogens with one attached hydrogen (secondary N) is 1. The maximum atomic E-state index is 14.4. The van der Waals surface area contributed by atoms with Crippen molar-refractivity contribution in [3.63, 3.8) is 0 Å². The Labute approximate surface area is 231 Å². The molecule has 3 aliphatic rings. The van der Waals surface area contributed by atoms with Crippen molar-refractivity contribution in [1.82, 2.24) is 24.4 Å². The summed E-state index contributed by atoms with van der Waals surface area (Å²) in [6, 6.07) is 3.08. The highest BCUT2D eigenvalue weighted by molar-refractivity contribution is 5.62. The molecule has 4 heterocycles. The van der Waals surface area contributed by atoms with Gasteiger partial charge in [-0.05, 0) is 63.2 Å². The number of aromatic nitrogens is 4. The van der Waals surface area contributed by atoms with Gasteiger partial charge in [0.05, 0.1) is 11.3 Å². The molecule has 2 saturated heterocycles. The van der Waals surface area contributed by atoms with E-state index in [0.29, 0.717) is 17.2 Å². The van der Waals surface area contributed by atoms with Gasteiger partial charge in [-0.1, -0.05) is 12.5 Å². The van der Waals surface area contributed by atoms with Crippen molar-refractivity contribution in [1.29, 1.82) is 0 Å². The lowest BCUT2D eigenvalue weighted by molar-refractivity contribution is -0.139. The Morgan fingerprint density at radius 3 is 2.33 bits per heavy atom. The summed E-state index contributed by atoms with van der Waals surface area (Å²) in [6.07, 6.45) is 5.29. The molecule has 0 unspecified atom stereocenters. The highest BCUT2D eigenvalue weighted by Gasteiger charge is 2.35. The van der Waals surface area contributed by atoms with Crippen LogP contribution in [0.25, 0.3) is 11.3 Å². The van der Waals surface area contributed by atoms with E-state index in [-0.39, 0.29) is 5.92 Å². The van der Waals surface area contributed by atoms with Gasteiger partial charge in [0.1, 0.15) is 29.6 Å². The number of hydrogen-bond donors (Lipinski definition) is 1. The molecule has 214 valence electrons. The van der Waals surface area contributed by atoms with Crippen LogP contribution in [0.4, 0.5) is 29.2 Å². The van der Waals surface area contributed by atoms with Crippen LogP contribution in [-0.4, -0.2) is 64.2 Å². The molecule has 11 heteroatoms. The van der Waals surface area contributed by atoms with E-state index in [4.69, 9.17) is 9.97 Å². The third-order valence-electron chi connectivity index (χ3n) is 8.76. The van der Waals surface area contributed by atoms with E-state index < -0.39 is 17.6 Å². The number of rotatable bonds is 8. The van der Waals surface area contributed by atoms with Crippen LogP contribution in [0.5, 0.6) is 0 Å². The second-order valence-electron chi connectivity index (χ2n) is 11.2. The Morgan fingerprint density at radius 1 is 0.950 bits per heavy atom. The summed E-state index contributed by atoms with van der Waals surface area (Å²) in [4.78, 5) is 18.8. The van der Waals surface area contributed by atoms with Gasteiger partial charge in [-0.3, -0.25) is 0 Å². The lowest BCUT2D eigenvalue weighted by Crippen LogP contribution is -2.39. The summed E-state index contributed by atoms with van der Waals surface area (Å²) in [5.74, 6) is 2.26. The van der Waals surface area contributed by atoms with Crippen LogP contribution in [0.1, 0.15) is 67.3 Å². The molecule has 2 aromatic heterocycles. The molecule has 0 bridgehead atoms. The predicted molar refractivity (Wildman–Crippen MR) is 146 cm³/mol. The molecule has 6 rings (SSSR count). The molecule has 0 atom stereocenters. The fraction of sp³-hybridized carbons (Fsp3) is 0.552. The number of anilines is 2. The predicted octanol–water partition coefficient (Wildman–Crippen LogP) is 5.90. The van der Waals surface area contributed by atoms with Crippen molar-refractivity contribution < 1.29 is 17.6 Å². The number of alkyl halides is 3. The van der Waals surface area contributed by atoms with Crippen LogP contribution in [0.2, 0.25) is 0 Å². The number of piperidine rings is 1. The molecule has 40 heavy (non-hydrogen) atoms. The Hall–Kier alpha value is -3.21. The number of hydrogen-bond acceptors (Lipinski definition) is 6. The maximum Gasteiger partial charge on any atom is 0.419 e. The van der Waals surface area contributed by atoms with Crippen LogP contribution in [0.15, 0.2) is 30.7 Å². The molecule has 0 amide bonds. The van der Waals surface area contributed by atoms with Gasteiger partial charge in [0, 0.05) is 56.5 Å². The lowest BCUT2D eigenvalue weighted by atomic mass is 9.80. The van der Waals surface area contributed by atoms with Crippen LogP contribution in [0.3, 0.4) is 0 Å². The standard InChI is InChI=1S/C29H35F4N7/c1-34-26-25(19-4-2-5-19)28(36-18-35-26)39-12-8-20(9-13-39)27-37-24(17-40(27)15-14-38-10-3-11-38)21-6-7-22(23(30)16-21)29(31,32)33/h6-7,16-20H,2-5,8-15H2,1H3,(H,34,35,36). The van der Waals surface area contributed by atoms with Gasteiger partial charge >= 0.3 is 6.18 Å². The lowest BCUT2D eigenvalue weighted by Gasteiger charge is -2.37. The molecule has 3 aromatic rings. The summed E-state index contributed by atoms with van der Waals surface area (Å²) in [5.41, 5.74) is 0.832. The maximum absolute atomic E-state index is 14.4. The number of nitrogens with zero attached hydrogens (tertiary/aromatic N) is 6. The average molecular weight is 558 g/mol. The van der Waals surface area contributed by atoms with Gasteiger partial charge in [-0.15, -0.1) is 0 Å². The summed E-state index contributed by atoms with van der Waals surface area (Å²) in [6.45, 7) is 5.45. The van der Waals surface area contributed by atoms with E-state index in [1.807, 2.05) is 13.2 Å². The second-order valence-corrected chi connectivity index (χ2v) is 11.2. The first-order chi connectivity index (χ1) is 19.3. The largest absolute Gasteiger partial charge is 0.419 e. The van der Waals surface area contributed by atoms with Crippen LogP contribution >= 0.6 is 0 Å². The first-order valence-electron chi connectivity index (χ1n) is 14.3. The fourth-order valence-corrected chi connectivity index (χ4v) is 6.09. The van der Waals surface area contributed by atoms with Gasteiger partial charge in [0.2, 0.25) is 0 Å². The van der Waals surface area contributed by atoms with Gasteiger partial charge in [0.25, 0.3) is 0 Å². The Kier molecular flexibility index (Phi) is 7.41. The van der Waals surface area contributed by atoms with E-state index >= 15 is 0 Å². The number of benzene rings is 1. The molecule has 1 N–H and O–H groups in total. The molecule has 1 aliphatic carbocycles. The minimum absolute atomic E-state index is 0.193. The zero-order chi connectivity index (χ0) is 27.9. The monoisotopic (exact) mass is 557 g/mol. The minimum atomic E-state index is -4.73. The SMILES string of the molecule is CNc1ncnc(N2CCC(c3nc(-c4ccc(C(F)(F)F)c(F)c4)cn3CCN3CCC3)CC2)c1C1CCC1. The Morgan fingerprint density at radius 2 is 1.73 bits per heavy atom. The van der Waals surface area contributed by atoms with Crippen molar-refractivity contribution in [2.45, 2.75) is 63.1 Å². The van der Waals surface area contributed by atoms with Crippen molar-refractivity contribution in [2.75, 3.05) is 50.0 Å². The molecule has 0 spiro atoms. The van der Waals surface area contributed by atoms with Crippen LogP contribution < -0.4 is 10.2 Å². The summed E-state index contributed by atoms with van der Waals surface area (Å²) < 4.78 is 55.9. The normalized spacial score (nSPS) is 19.0. The zero-order valence-corrected chi connectivity index (χ0v) is 22.7. The first-order valence-corrected chi connectivity index (χ1v) is 14.3. The third kappa shape index (κ3) is 5.27. The number of imidazole rings is 1. The number of halogens is 4. The topological polar surface area (TPSA) is 62.1 Å². The van der Waals surface area contributed by atoms with E-state index in [9.17, 15) is 17.6 Å². The third-order valence-corrected chi connectivity index (χ3v) is 8.76. The van der Waals surface area contributed by atoms with Crippen molar-refractivity contribution in [3.05, 3.63) is 53.5 Å². The van der Waals surface area contributed by atoms with Crippen LogP contribution in [-0.2, 0) is 12.7 Å². The van der Waals surface area contributed by atoms with E-state index in [1.165, 1.54) is 24.5 Å². The van der Waals surface area contributed by atoms with Gasteiger partial charge < -0.3 is 19.7 Å². The van der Waals surface area contributed by atoms with Gasteiger partial charge in [-0.25, -0.2) is 19.3 Å². The second kappa shape index (κ2) is 11.0. The molecule has 2 aliphatic heterocycles. The number of likely N-dealkylation sites (tertiary alicyclic amines) is 1. The van der Waals surface area contributed by atoms with E-state index in [0.717, 1.165) is 94.5 Å². The zero-order valence-electron chi connectivity index (χ0n) is 22.7. The van der Waals surface area contributed by atoms with Gasteiger partial charge in [0.15, 0.2) is 0 Å². The quantitative estimate of drug-likeness (QED) is 0.348. The molecule has 3 fully saturated rings. The molecule has 0 radical (unpaired) electrons. The molecular formula is C29H35F4N7. The molecule has 1 saturated carbocycles. The van der Waals surface area contributed by atoms with Crippen molar-refractivity contribution in [3.8, 4) is 11.3 Å². The molecule has 7 nitrogen and oxygen atoms in total. The van der Waals surface area contributed by atoms with E-state index in [1.54, 1.807) is 6.33 Å². The van der Waals surface area contributed by atoms with E-state index in [2.05, 4.69) is 24.7 Å². The highest BCUT2D eigenvalue weighted by Crippen LogP contribution is 2.44. The molecule has 1 aromatic carbocycles. The smallest absolute Gasteiger partial charge is 0.373 e. The Balaban J connectivity index is 1.24. The molecular weight excluding hydrogens is 522 g/mol. The summed E-state index contributed by atoms with van der Waals surface area (Å²) >= 11 is 0. The average Bonchev–Trinajstić information content (AvgIpc) is 3.30. The van der Waals surface area contributed by atoms with Crippen LogP contribution in [0, 0.1) is 5.82 Å². The summed E-state index contributed by atoms with van der Waals surface area (Å²) in [7, 11) is 1.90. The summed E-state index contributed by atoms with van der Waals surface area (Å²) in [5, 5.41) is 3.25. The fourth-order valence-electron chi connectivity index (χ4n) is 6.09. The van der Waals surface area contributed by atoms with Crippen molar-refractivity contribution >= 4 is 11.6 Å². The van der Waals surface area contributed by atoms with Gasteiger partial charge in [-0.2, -0.15) is 13.2 Å².